The maximum atomic E-state index is 13.1. The minimum Gasteiger partial charge on any atom is -0.394 e. The number of benzene rings is 1. The van der Waals surface area contributed by atoms with Gasteiger partial charge in [-0.05, 0) is 18.6 Å². The van der Waals surface area contributed by atoms with Gasteiger partial charge in [0.25, 0.3) is 0 Å². The van der Waals surface area contributed by atoms with Gasteiger partial charge < -0.3 is 10.8 Å². The van der Waals surface area contributed by atoms with E-state index >= 15 is 0 Å². The van der Waals surface area contributed by atoms with Gasteiger partial charge in [0.2, 0.25) is 0 Å². The third-order valence-corrected chi connectivity index (χ3v) is 2.57. The minimum atomic E-state index is -5.67. The van der Waals surface area contributed by atoms with Crippen LogP contribution in [0.2, 0.25) is 0 Å². The normalized spacial score (nSPS) is 16.4. The predicted molar refractivity (Wildman–Crippen MR) is 55.0 cm³/mol. The summed E-state index contributed by atoms with van der Waals surface area (Å²) < 4.78 is 62.8. The molecule has 0 aliphatic heterocycles. The zero-order valence-electron chi connectivity index (χ0n) is 9.43. The predicted octanol–water partition coefficient (Wildman–Crippen LogP) is 2.51. The van der Waals surface area contributed by atoms with E-state index in [2.05, 4.69) is 0 Å². The van der Waals surface area contributed by atoms with E-state index in [-0.39, 0.29) is 5.56 Å². The highest BCUT2D eigenvalue weighted by Crippen LogP contribution is 2.44. The molecule has 2 nitrogen and oxygen atoms in total. The first-order valence-electron chi connectivity index (χ1n) is 4.97. The van der Waals surface area contributed by atoms with E-state index in [4.69, 9.17) is 10.8 Å². The van der Waals surface area contributed by atoms with Gasteiger partial charge >= 0.3 is 12.1 Å². The van der Waals surface area contributed by atoms with Crippen LogP contribution in [-0.4, -0.2) is 17.9 Å². The molecule has 0 bridgehead atoms. The molecule has 0 aliphatic carbocycles. The molecule has 1 aromatic carbocycles. The van der Waals surface area contributed by atoms with Gasteiger partial charge in [-0.25, -0.2) is 0 Å². The molecule has 0 amide bonds. The monoisotopic (exact) mass is 269 g/mol. The fourth-order valence-corrected chi connectivity index (χ4v) is 1.32. The van der Waals surface area contributed by atoms with Crippen LogP contribution in [0.1, 0.15) is 18.1 Å². The van der Waals surface area contributed by atoms with Crippen molar-refractivity contribution in [3.8, 4) is 0 Å². The van der Waals surface area contributed by atoms with Gasteiger partial charge in [-0.15, -0.1) is 0 Å². The van der Waals surface area contributed by atoms with E-state index in [0.717, 1.165) is 6.07 Å². The maximum absolute atomic E-state index is 13.1. The van der Waals surface area contributed by atoms with Crippen molar-refractivity contribution in [1.82, 2.24) is 0 Å². The SMILES string of the molecule is CC(N)(CO)c1cccc(C(F)(F)C(F)(F)F)c1. The second-order valence-electron chi connectivity index (χ2n) is 4.23. The molecule has 1 rings (SSSR count). The highest BCUT2D eigenvalue weighted by atomic mass is 19.4. The number of nitrogens with two attached hydrogens (primary N) is 1. The van der Waals surface area contributed by atoms with E-state index in [0.29, 0.717) is 12.1 Å². The van der Waals surface area contributed by atoms with Crippen molar-refractivity contribution in [2.75, 3.05) is 6.61 Å². The van der Waals surface area contributed by atoms with Gasteiger partial charge in [0.05, 0.1) is 12.1 Å². The van der Waals surface area contributed by atoms with Gasteiger partial charge in [0.15, 0.2) is 0 Å². The molecule has 102 valence electrons. The second-order valence-corrected chi connectivity index (χ2v) is 4.23. The van der Waals surface area contributed by atoms with Crippen LogP contribution in [0.4, 0.5) is 22.0 Å². The van der Waals surface area contributed by atoms with Gasteiger partial charge in [-0.3, -0.25) is 0 Å². The summed E-state index contributed by atoms with van der Waals surface area (Å²) in [6, 6.07) is 3.66. The standard InChI is InChI=1S/C11H12F5NO/c1-9(17,6-18)7-3-2-4-8(5-7)10(12,13)11(14,15)16/h2-5,18H,6,17H2,1H3. The van der Waals surface area contributed by atoms with E-state index in [9.17, 15) is 22.0 Å². The summed E-state index contributed by atoms with van der Waals surface area (Å²) in [5, 5.41) is 8.97. The lowest BCUT2D eigenvalue weighted by atomic mass is 9.91. The van der Waals surface area contributed by atoms with Crippen LogP contribution < -0.4 is 5.73 Å². The van der Waals surface area contributed by atoms with Crippen LogP contribution in [0.25, 0.3) is 0 Å². The van der Waals surface area contributed by atoms with Crippen LogP contribution in [0.3, 0.4) is 0 Å². The number of halogens is 5. The smallest absolute Gasteiger partial charge is 0.394 e. The van der Waals surface area contributed by atoms with Crippen LogP contribution in [0, 0.1) is 0 Å². The molecule has 1 atom stereocenters. The number of hydrogen-bond donors (Lipinski definition) is 2. The fraction of sp³-hybridized carbons (Fsp3) is 0.455. The van der Waals surface area contributed by atoms with Gasteiger partial charge in [-0.2, -0.15) is 22.0 Å². The quantitative estimate of drug-likeness (QED) is 0.828. The summed E-state index contributed by atoms with van der Waals surface area (Å²) in [4.78, 5) is 0. The molecule has 1 unspecified atom stereocenters. The molecule has 7 heteroatoms. The molecule has 0 heterocycles. The Morgan fingerprint density at radius 1 is 1.11 bits per heavy atom. The Labute approximate surface area is 100 Å². The first-order valence-corrected chi connectivity index (χ1v) is 4.97. The summed E-state index contributed by atoms with van der Waals surface area (Å²) >= 11 is 0. The first-order chi connectivity index (χ1) is 8.02. The molecule has 0 aliphatic rings. The number of alkyl halides is 5. The Morgan fingerprint density at radius 3 is 2.06 bits per heavy atom. The molecule has 0 fully saturated rings. The largest absolute Gasteiger partial charge is 0.458 e. The summed E-state index contributed by atoms with van der Waals surface area (Å²) in [5.41, 5.74) is 3.01. The van der Waals surface area contributed by atoms with E-state index in [1.165, 1.54) is 13.0 Å². The Kier molecular flexibility index (Phi) is 3.69. The van der Waals surface area contributed by atoms with Crippen molar-refractivity contribution in [3.05, 3.63) is 35.4 Å². The van der Waals surface area contributed by atoms with Crippen LogP contribution in [0.5, 0.6) is 0 Å². The maximum Gasteiger partial charge on any atom is 0.458 e. The third-order valence-electron chi connectivity index (χ3n) is 2.57. The van der Waals surface area contributed by atoms with Crippen molar-refractivity contribution in [2.45, 2.75) is 24.6 Å². The number of aliphatic hydroxyl groups excluding tert-OH is 1. The van der Waals surface area contributed by atoms with Crippen molar-refractivity contribution in [2.24, 2.45) is 5.73 Å². The van der Waals surface area contributed by atoms with Crippen molar-refractivity contribution in [3.63, 3.8) is 0 Å². The Balaban J connectivity index is 3.26. The van der Waals surface area contributed by atoms with Crippen molar-refractivity contribution >= 4 is 0 Å². The molecule has 3 N–H and O–H groups in total. The minimum absolute atomic E-state index is 0.00595. The third kappa shape index (κ3) is 2.62. The zero-order valence-corrected chi connectivity index (χ0v) is 9.43. The number of rotatable bonds is 3. The van der Waals surface area contributed by atoms with Crippen molar-refractivity contribution in [1.29, 1.82) is 0 Å². The molecular weight excluding hydrogens is 257 g/mol. The highest BCUT2D eigenvalue weighted by Gasteiger charge is 2.58. The Morgan fingerprint density at radius 2 is 1.61 bits per heavy atom. The second kappa shape index (κ2) is 4.47. The summed E-state index contributed by atoms with van der Waals surface area (Å²) in [7, 11) is 0. The zero-order chi connectivity index (χ0) is 14.2. The van der Waals surface area contributed by atoms with E-state index < -0.39 is 29.8 Å². The molecule has 0 spiro atoms. The lowest BCUT2D eigenvalue weighted by Gasteiger charge is -2.25. The first kappa shape index (κ1) is 14.8. The van der Waals surface area contributed by atoms with Gasteiger partial charge in [-0.1, -0.05) is 18.2 Å². The Bertz CT molecular complexity index is 428. The molecule has 0 saturated carbocycles. The van der Waals surface area contributed by atoms with Crippen LogP contribution in [0.15, 0.2) is 24.3 Å². The molecular formula is C11H12F5NO. The lowest BCUT2D eigenvalue weighted by molar-refractivity contribution is -0.289. The van der Waals surface area contributed by atoms with Crippen LogP contribution >= 0.6 is 0 Å². The van der Waals surface area contributed by atoms with Gasteiger partial charge in [0, 0.05) is 5.56 Å². The number of aliphatic hydroxyl groups is 1. The summed E-state index contributed by atoms with van der Waals surface area (Å²) in [6.07, 6.45) is -5.67. The molecule has 1 aromatic rings. The molecule has 0 aromatic heterocycles. The topological polar surface area (TPSA) is 46.2 Å². The van der Waals surface area contributed by atoms with Crippen molar-refractivity contribution < 1.29 is 27.1 Å². The summed E-state index contributed by atoms with van der Waals surface area (Å²) in [5.74, 6) is -4.95. The van der Waals surface area contributed by atoms with E-state index in [1.807, 2.05) is 0 Å². The molecule has 18 heavy (non-hydrogen) atoms. The fourth-order valence-electron chi connectivity index (χ4n) is 1.32. The Hall–Kier alpha value is -1.21. The average Bonchev–Trinajstić information content (AvgIpc) is 2.27. The molecule has 0 saturated heterocycles. The lowest BCUT2D eigenvalue weighted by Crippen LogP contribution is -2.38. The van der Waals surface area contributed by atoms with Crippen LogP contribution in [-0.2, 0) is 11.5 Å². The summed E-state index contributed by atoms with van der Waals surface area (Å²) in [6.45, 7) is 0.756. The van der Waals surface area contributed by atoms with E-state index in [1.54, 1.807) is 0 Å². The highest BCUT2D eigenvalue weighted by molar-refractivity contribution is 5.32. The molecule has 0 radical (unpaired) electrons. The average molecular weight is 269 g/mol. The number of hydrogen-bond acceptors (Lipinski definition) is 2. The van der Waals surface area contributed by atoms with Gasteiger partial charge in [0.1, 0.15) is 0 Å².